The monoisotopic (exact) mass is 721 g/mol. The number of imide groups is 1. The third kappa shape index (κ3) is 5.45. The van der Waals surface area contributed by atoms with Gasteiger partial charge in [-0.3, -0.25) is 14.5 Å². The second-order valence-electron chi connectivity index (χ2n) is 8.14. The van der Waals surface area contributed by atoms with E-state index in [2.05, 4.69) is 45.2 Å². The van der Waals surface area contributed by atoms with E-state index >= 15 is 0 Å². The largest absolute Gasteiger partial charge is 0.487 e. The van der Waals surface area contributed by atoms with Crippen LogP contribution in [0, 0.1) is 13.0 Å². The lowest BCUT2D eigenvalue weighted by Crippen LogP contribution is -2.27. The number of rotatable bonds is 6. The average molecular weight is 721 g/mol. The molecule has 180 valence electrons. The number of ether oxygens (including phenoxy) is 1. The fourth-order valence-corrected chi connectivity index (χ4v) is 6.94. The van der Waals surface area contributed by atoms with E-state index in [0.717, 1.165) is 46.4 Å². The molecular formula is C28H18FI2NO3S. The maximum atomic E-state index is 13.5. The Bertz CT molecular complexity index is 1510. The summed E-state index contributed by atoms with van der Waals surface area (Å²) in [5.74, 6) is 0.0984. The van der Waals surface area contributed by atoms with Gasteiger partial charge in [0.15, 0.2) is 0 Å². The number of halogens is 3. The van der Waals surface area contributed by atoms with Gasteiger partial charge in [-0.25, -0.2) is 4.39 Å². The fraction of sp³-hybridized carbons (Fsp3) is 0.0714. The highest BCUT2D eigenvalue weighted by Gasteiger charge is 2.35. The third-order valence-corrected chi connectivity index (χ3v) is 8.18. The van der Waals surface area contributed by atoms with Crippen molar-refractivity contribution in [1.29, 1.82) is 0 Å². The van der Waals surface area contributed by atoms with E-state index in [1.165, 1.54) is 17.0 Å². The number of amides is 2. The number of carbonyl (C=O) groups excluding carboxylic acids is 2. The van der Waals surface area contributed by atoms with Gasteiger partial charge in [-0.2, -0.15) is 0 Å². The SMILES string of the molecule is O=C1S/C(=C/c2cc(I)c(OCc3cccc(F)c3)c(I)c2)C(=O)N1Cc1cccc2ccccc12. The molecule has 0 atom stereocenters. The van der Waals surface area contributed by atoms with Crippen LogP contribution in [0.3, 0.4) is 0 Å². The molecule has 1 heterocycles. The van der Waals surface area contributed by atoms with Crippen LogP contribution >= 0.6 is 56.9 Å². The Kier molecular flexibility index (Phi) is 7.63. The normalized spacial score (nSPS) is 14.8. The highest BCUT2D eigenvalue weighted by molar-refractivity contribution is 14.1. The molecular weight excluding hydrogens is 703 g/mol. The number of hydrogen-bond donors (Lipinski definition) is 0. The van der Waals surface area contributed by atoms with Gasteiger partial charge in [0, 0.05) is 0 Å². The molecule has 0 N–H and O–H groups in total. The molecule has 1 saturated heterocycles. The Hall–Kier alpha value is -2.44. The predicted octanol–water partition coefficient (Wildman–Crippen LogP) is 8.00. The number of benzene rings is 4. The molecule has 0 unspecified atom stereocenters. The van der Waals surface area contributed by atoms with E-state index in [-0.39, 0.29) is 30.1 Å². The molecule has 0 saturated carbocycles. The van der Waals surface area contributed by atoms with E-state index in [1.54, 1.807) is 12.1 Å². The molecule has 4 aromatic carbocycles. The lowest BCUT2D eigenvalue weighted by atomic mass is 10.0. The molecule has 1 fully saturated rings. The Morgan fingerprint density at radius 1 is 0.917 bits per heavy atom. The molecule has 1 aliphatic rings. The molecule has 8 heteroatoms. The van der Waals surface area contributed by atoms with Crippen molar-refractivity contribution in [3.63, 3.8) is 0 Å². The van der Waals surface area contributed by atoms with Gasteiger partial charge in [-0.15, -0.1) is 0 Å². The number of hydrogen-bond acceptors (Lipinski definition) is 4. The molecule has 36 heavy (non-hydrogen) atoms. The van der Waals surface area contributed by atoms with E-state index in [9.17, 15) is 14.0 Å². The van der Waals surface area contributed by atoms with E-state index in [1.807, 2.05) is 60.7 Å². The molecule has 0 radical (unpaired) electrons. The van der Waals surface area contributed by atoms with Crippen LogP contribution in [0.1, 0.15) is 16.7 Å². The first-order valence-corrected chi connectivity index (χ1v) is 13.9. The average Bonchev–Trinajstić information content (AvgIpc) is 3.11. The Balaban J connectivity index is 1.34. The summed E-state index contributed by atoms with van der Waals surface area (Å²) in [6.45, 7) is 0.474. The lowest BCUT2D eigenvalue weighted by Gasteiger charge is -2.14. The van der Waals surface area contributed by atoms with Crippen LogP contribution in [0.25, 0.3) is 16.8 Å². The Morgan fingerprint density at radius 3 is 2.42 bits per heavy atom. The van der Waals surface area contributed by atoms with Crippen LogP contribution in [0.15, 0.2) is 83.8 Å². The molecule has 0 aliphatic carbocycles. The van der Waals surface area contributed by atoms with Crippen molar-refractivity contribution in [2.24, 2.45) is 0 Å². The molecule has 5 rings (SSSR count). The number of thioether (sulfide) groups is 1. The fourth-order valence-electron chi connectivity index (χ4n) is 3.97. The zero-order chi connectivity index (χ0) is 25.2. The van der Waals surface area contributed by atoms with Crippen molar-refractivity contribution < 1.29 is 18.7 Å². The minimum atomic E-state index is -0.301. The van der Waals surface area contributed by atoms with Gasteiger partial charge in [0.25, 0.3) is 11.1 Å². The second kappa shape index (κ2) is 10.9. The van der Waals surface area contributed by atoms with Crippen LogP contribution < -0.4 is 4.74 Å². The number of fused-ring (bicyclic) bond motifs is 1. The van der Waals surface area contributed by atoms with Gasteiger partial charge in [-0.1, -0.05) is 54.6 Å². The minimum Gasteiger partial charge on any atom is -0.487 e. The van der Waals surface area contributed by atoms with E-state index in [4.69, 9.17) is 4.74 Å². The summed E-state index contributed by atoms with van der Waals surface area (Å²) in [5.41, 5.74) is 2.48. The number of nitrogens with zero attached hydrogens (tertiary/aromatic N) is 1. The van der Waals surface area contributed by atoms with Crippen molar-refractivity contribution in [2.75, 3.05) is 0 Å². The first-order chi connectivity index (χ1) is 17.4. The van der Waals surface area contributed by atoms with Crippen LogP contribution in [-0.4, -0.2) is 16.0 Å². The number of carbonyl (C=O) groups is 2. The molecule has 4 aromatic rings. The van der Waals surface area contributed by atoms with Crippen LogP contribution in [0.5, 0.6) is 5.75 Å². The summed E-state index contributed by atoms with van der Waals surface area (Å²) in [7, 11) is 0. The van der Waals surface area contributed by atoms with Gasteiger partial charge in [0.1, 0.15) is 18.2 Å². The molecule has 2 amide bonds. The lowest BCUT2D eigenvalue weighted by molar-refractivity contribution is -0.123. The zero-order valence-corrected chi connectivity index (χ0v) is 23.8. The van der Waals surface area contributed by atoms with Crippen molar-refractivity contribution in [3.05, 3.63) is 113 Å². The summed E-state index contributed by atoms with van der Waals surface area (Å²) >= 11 is 5.32. The molecule has 0 aromatic heterocycles. The maximum absolute atomic E-state index is 13.5. The summed E-state index contributed by atoms with van der Waals surface area (Å²) in [6, 6.07) is 24.0. The summed E-state index contributed by atoms with van der Waals surface area (Å²) < 4.78 is 21.1. The summed E-state index contributed by atoms with van der Waals surface area (Å²) in [6.07, 6.45) is 1.74. The second-order valence-corrected chi connectivity index (χ2v) is 11.5. The predicted molar refractivity (Wildman–Crippen MR) is 158 cm³/mol. The van der Waals surface area contributed by atoms with Crippen molar-refractivity contribution in [3.8, 4) is 5.75 Å². The minimum absolute atomic E-state index is 0.227. The van der Waals surface area contributed by atoms with Crippen molar-refractivity contribution >= 4 is 84.9 Å². The van der Waals surface area contributed by atoms with Crippen LogP contribution in [0.4, 0.5) is 9.18 Å². The highest BCUT2D eigenvalue weighted by atomic mass is 127. The van der Waals surface area contributed by atoms with Crippen molar-refractivity contribution in [1.82, 2.24) is 4.90 Å². The quantitative estimate of drug-likeness (QED) is 0.150. The molecule has 0 spiro atoms. The molecule has 1 aliphatic heterocycles. The summed E-state index contributed by atoms with van der Waals surface area (Å²) in [5, 5.41) is 1.82. The van der Waals surface area contributed by atoms with E-state index in [0.29, 0.717) is 10.7 Å². The topological polar surface area (TPSA) is 46.6 Å². The van der Waals surface area contributed by atoms with Gasteiger partial charge < -0.3 is 4.74 Å². The standard InChI is InChI=1S/C28H18FI2NO3S/c29-21-9-3-5-17(11-21)16-35-26-23(30)12-18(13-24(26)31)14-25-27(33)32(28(34)36-25)15-20-8-4-7-19-6-1-2-10-22(19)20/h1-14H,15-16H2/b25-14+. The van der Waals surface area contributed by atoms with Crippen molar-refractivity contribution in [2.45, 2.75) is 13.2 Å². The van der Waals surface area contributed by atoms with Gasteiger partial charge in [0.2, 0.25) is 0 Å². The van der Waals surface area contributed by atoms with Crippen LogP contribution in [0.2, 0.25) is 0 Å². The van der Waals surface area contributed by atoms with E-state index < -0.39 is 0 Å². The smallest absolute Gasteiger partial charge is 0.293 e. The van der Waals surface area contributed by atoms with Crippen LogP contribution in [-0.2, 0) is 17.9 Å². The molecule has 4 nitrogen and oxygen atoms in total. The Morgan fingerprint density at radius 2 is 1.64 bits per heavy atom. The maximum Gasteiger partial charge on any atom is 0.293 e. The van der Waals surface area contributed by atoms with Gasteiger partial charge in [0.05, 0.1) is 18.6 Å². The first-order valence-electron chi connectivity index (χ1n) is 11.0. The third-order valence-electron chi connectivity index (χ3n) is 5.67. The first kappa shape index (κ1) is 25.2. The molecule has 0 bridgehead atoms. The zero-order valence-electron chi connectivity index (χ0n) is 18.7. The van der Waals surface area contributed by atoms with Gasteiger partial charge in [-0.05, 0) is 115 Å². The van der Waals surface area contributed by atoms with Gasteiger partial charge >= 0.3 is 0 Å². The Labute approximate surface area is 239 Å². The summed E-state index contributed by atoms with van der Waals surface area (Å²) in [4.78, 5) is 27.6. The highest BCUT2D eigenvalue weighted by Crippen LogP contribution is 2.36.